The number of nitro groups is 1. The predicted molar refractivity (Wildman–Crippen MR) is 240 cm³/mol. The van der Waals surface area contributed by atoms with E-state index in [9.17, 15) is 18.5 Å². The minimum atomic E-state index is -4.27. The molecule has 12 nitrogen and oxygen atoms in total. The molecule has 1 aliphatic heterocycles. The molecule has 0 spiro atoms. The molecule has 0 radical (unpaired) electrons. The third-order valence-corrected chi connectivity index (χ3v) is 13.2. The van der Waals surface area contributed by atoms with Gasteiger partial charge in [-0.15, -0.1) is 11.8 Å². The summed E-state index contributed by atoms with van der Waals surface area (Å²) in [5.74, 6) is 0.753. The number of benzene rings is 5. The zero-order valence-corrected chi connectivity index (χ0v) is 35.6. The van der Waals surface area contributed by atoms with Crippen molar-refractivity contribution in [2.24, 2.45) is 0 Å². The van der Waals surface area contributed by atoms with Gasteiger partial charge in [-0.25, -0.2) is 18.4 Å². The molecule has 1 saturated heterocycles. The standard InChI is InChI=1S/C44H47ClN8O4S2/c1-31-25-33(45)13-16-38(31)39-12-8-7-9-32(39)28-51-21-23-52(24-22-51)35-14-17-40-42(26-35)46-30-47-44(40)49-59(56,57)37-15-18-41(43(27-37)53(54)55)48-34(19-20-50(2)3)29-58-36-10-5-4-6-11-36/h4-18,25-27,30,34,48H,19-24,28-29H2,1-3H3,(H,46,47,49). The summed E-state index contributed by atoms with van der Waals surface area (Å²) >= 11 is 7.90. The number of thioether (sulfide) groups is 1. The van der Waals surface area contributed by atoms with Gasteiger partial charge >= 0.3 is 0 Å². The van der Waals surface area contributed by atoms with Crippen molar-refractivity contribution in [2.75, 3.05) is 67.5 Å². The van der Waals surface area contributed by atoms with Crippen LogP contribution in [0.2, 0.25) is 5.02 Å². The zero-order chi connectivity index (χ0) is 41.5. The van der Waals surface area contributed by atoms with Crippen molar-refractivity contribution in [1.82, 2.24) is 19.8 Å². The molecule has 6 aromatic rings. The zero-order valence-electron chi connectivity index (χ0n) is 33.2. The molecule has 1 unspecified atom stereocenters. The first-order chi connectivity index (χ1) is 28.4. The lowest BCUT2D eigenvalue weighted by molar-refractivity contribution is -0.384. The van der Waals surface area contributed by atoms with Crippen molar-refractivity contribution < 1.29 is 13.3 Å². The fourth-order valence-corrected chi connectivity index (χ4v) is 9.53. The highest BCUT2D eigenvalue weighted by atomic mass is 35.5. The average molecular weight is 851 g/mol. The predicted octanol–water partition coefficient (Wildman–Crippen LogP) is 8.81. The number of nitro benzene ring substituents is 1. The van der Waals surface area contributed by atoms with Gasteiger partial charge in [0, 0.05) is 71.6 Å². The Bertz CT molecular complexity index is 2540. The number of hydrogen-bond acceptors (Lipinski definition) is 11. The van der Waals surface area contributed by atoms with Gasteiger partial charge in [-0.1, -0.05) is 60.1 Å². The van der Waals surface area contributed by atoms with Crippen LogP contribution in [0.25, 0.3) is 22.0 Å². The minimum absolute atomic E-state index is 0.0903. The largest absolute Gasteiger partial charge is 0.376 e. The molecule has 2 N–H and O–H groups in total. The maximum Gasteiger partial charge on any atom is 0.293 e. The highest BCUT2D eigenvalue weighted by Crippen LogP contribution is 2.33. The van der Waals surface area contributed by atoms with Gasteiger partial charge in [0.15, 0.2) is 5.82 Å². The summed E-state index contributed by atoms with van der Waals surface area (Å²) in [6.07, 6.45) is 2.05. The molecule has 15 heteroatoms. The topological polar surface area (TPSA) is 137 Å². The lowest BCUT2D eigenvalue weighted by Crippen LogP contribution is -2.46. The lowest BCUT2D eigenvalue weighted by atomic mass is 9.95. The summed E-state index contributed by atoms with van der Waals surface area (Å²) in [5.41, 5.74) is 6.29. The van der Waals surface area contributed by atoms with Crippen LogP contribution in [-0.2, 0) is 16.6 Å². The van der Waals surface area contributed by atoms with Gasteiger partial charge in [-0.05, 0) is 111 Å². The van der Waals surface area contributed by atoms with Crippen molar-refractivity contribution >= 4 is 67.2 Å². The van der Waals surface area contributed by atoms with Crippen molar-refractivity contribution in [3.05, 3.63) is 142 Å². The number of rotatable bonds is 16. The molecule has 1 aliphatic rings. The molecular formula is C44H47ClN8O4S2. The lowest BCUT2D eigenvalue weighted by Gasteiger charge is -2.36. The van der Waals surface area contributed by atoms with Crippen LogP contribution in [0.4, 0.5) is 22.9 Å². The van der Waals surface area contributed by atoms with E-state index >= 15 is 0 Å². The Balaban J connectivity index is 1.02. The van der Waals surface area contributed by atoms with E-state index in [4.69, 9.17) is 11.6 Å². The Hall–Kier alpha value is -5.25. The van der Waals surface area contributed by atoms with E-state index in [0.717, 1.165) is 72.9 Å². The van der Waals surface area contributed by atoms with Gasteiger partial charge in [0.05, 0.1) is 15.3 Å². The van der Waals surface area contributed by atoms with Crippen molar-refractivity contribution in [1.29, 1.82) is 0 Å². The maximum absolute atomic E-state index is 13.8. The SMILES string of the molecule is Cc1cc(Cl)ccc1-c1ccccc1CN1CCN(c2ccc3c(NS(=O)(=O)c4ccc(NC(CCN(C)C)CSc5ccccc5)c([N+](=O)[O-])c4)ncnc3c2)CC1. The molecule has 1 fully saturated rings. The van der Waals surface area contributed by atoms with Crippen LogP contribution in [0, 0.1) is 17.0 Å². The number of halogens is 1. The average Bonchev–Trinajstić information content (AvgIpc) is 3.22. The summed E-state index contributed by atoms with van der Waals surface area (Å²) in [5, 5.41) is 16.9. The molecule has 0 bridgehead atoms. The molecule has 306 valence electrons. The monoisotopic (exact) mass is 850 g/mol. The number of aromatic nitrogens is 2. The second-order valence-electron chi connectivity index (χ2n) is 14.9. The van der Waals surface area contributed by atoms with Crippen LogP contribution >= 0.6 is 23.4 Å². The summed E-state index contributed by atoms with van der Waals surface area (Å²) in [7, 11) is -0.312. The smallest absolute Gasteiger partial charge is 0.293 e. The number of anilines is 3. The number of hydrogen-bond donors (Lipinski definition) is 2. The number of piperazine rings is 1. The van der Waals surface area contributed by atoms with E-state index in [1.807, 2.05) is 74.8 Å². The number of fused-ring (bicyclic) bond motifs is 1. The first-order valence-corrected chi connectivity index (χ1v) is 22.2. The van der Waals surface area contributed by atoms with Crippen LogP contribution in [0.1, 0.15) is 17.5 Å². The van der Waals surface area contributed by atoms with E-state index in [1.165, 1.54) is 35.2 Å². The van der Waals surface area contributed by atoms with E-state index < -0.39 is 14.9 Å². The molecule has 0 aliphatic carbocycles. The Morgan fingerprint density at radius 1 is 0.898 bits per heavy atom. The van der Waals surface area contributed by atoms with Crippen molar-refractivity contribution in [3.63, 3.8) is 0 Å². The minimum Gasteiger partial charge on any atom is -0.376 e. The fourth-order valence-electron chi connectivity index (χ4n) is 7.26. The van der Waals surface area contributed by atoms with E-state index in [2.05, 4.69) is 72.0 Å². The van der Waals surface area contributed by atoms with Crippen LogP contribution in [0.15, 0.2) is 125 Å². The highest BCUT2D eigenvalue weighted by Gasteiger charge is 2.25. The maximum atomic E-state index is 13.8. The number of aryl methyl sites for hydroxylation is 1. The molecule has 0 saturated carbocycles. The van der Waals surface area contributed by atoms with E-state index in [-0.39, 0.29) is 28.1 Å². The number of sulfonamides is 1. The Morgan fingerprint density at radius 3 is 2.41 bits per heavy atom. The number of nitrogens with one attached hydrogen (secondary N) is 2. The third-order valence-electron chi connectivity index (χ3n) is 10.4. The van der Waals surface area contributed by atoms with Gasteiger partial charge in [-0.2, -0.15) is 0 Å². The fraction of sp³-hybridized carbons (Fsp3) is 0.273. The molecule has 7 rings (SSSR count). The summed E-state index contributed by atoms with van der Waals surface area (Å²) in [6.45, 7) is 7.03. The molecular weight excluding hydrogens is 804 g/mol. The van der Waals surface area contributed by atoms with Crippen LogP contribution in [0.5, 0.6) is 0 Å². The van der Waals surface area contributed by atoms with Gasteiger partial charge in [0.2, 0.25) is 0 Å². The molecule has 0 amide bonds. The van der Waals surface area contributed by atoms with Gasteiger partial charge in [-0.3, -0.25) is 19.7 Å². The third kappa shape index (κ3) is 10.5. The molecule has 1 atom stereocenters. The van der Waals surface area contributed by atoms with Crippen molar-refractivity contribution in [2.45, 2.75) is 35.7 Å². The van der Waals surface area contributed by atoms with Gasteiger partial charge in [0.25, 0.3) is 15.7 Å². The van der Waals surface area contributed by atoms with Crippen molar-refractivity contribution in [3.8, 4) is 11.1 Å². The summed E-state index contributed by atoms with van der Waals surface area (Å²) < 4.78 is 30.1. The Morgan fingerprint density at radius 2 is 1.66 bits per heavy atom. The second kappa shape index (κ2) is 18.8. The Kier molecular flexibility index (Phi) is 13.3. The highest BCUT2D eigenvalue weighted by molar-refractivity contribution is 7.99. The van der Waals surface area contributed by atoms with Crippen LogP contribution in [-0.4, -0.2) is 91.7 Å². The normalized spacial score (nSPS) is 14.1. The van der Waals surface area contributed by atoms with E-state index in [1.54, 1.807) is 11.8 Å². The van der Waals surface area contributed by atoms with Crippen LogP contribution in [0.3, 0.4) is 0 Å². The molecule has 59 heavy (non-hydrogen) atoms. The van der Waals surface area contributed by atoms with Gasteiger partial charge < -0.3 is 15.1 Å². The number of nitrogens with zero attached hydrogens (tertiary/aromatic N) is 6. The quantitative estimate of drug-likeness (QED) is 0.0549. The second-order valence-corrected chi connectivity index (χ2v) is 18.1. The van der Waals surface area contributed by atoms with Gasteiger partial charge in [0.1, 0.15) is 12.0 Å². The molecule has 2 heterocycles. The summed E-state index contributed by atoms with van der Waals surface area (Å²) in [6, 6.07) is 34.0. The first-order valence-electron chi connectivity index (χ1n) is 19.4. The first kappa shape index (κ1) is 41.9. The molecule has 1 aromatic heterocycles. The Labute approximate surface area is 354 Å². The van der Waals surface area contributed by atoms with E-state index in [0.29, 0.717) is 16.7 Å². The summed E-state index contributed by atoms with van der Waals surface area (Å²) in [4.78, 5) is 28.2. The van der Waals surface area contributed by atoms with Crippen LogP contribution < -0.4 is 14.9 Å². The molecule has 5 aromatic carbocycles.